The molecule has 0 spiro atoms. The Morgan fingerprint density at radius 3 is 2.70 bits per heavy atom. The maximum Gasteiger partial charge on any atom is 0.146 e. The number of nitrogens with zero attached hydrogens (tertiary/aromatic N) is 1. The Hall–Kier alpha value is -2.04. The molecular formula is C15H14ClN3O. The number of aromatic amines is 1. The van der Waals surface area contributed by atoms with Crippen LogP contribution in [0, 0.1) is 0 Å². The monoisotopic (exact) mass is 287 g/mol. The third kappa shape index (κ3) is 2.61. The molecule has 102 valence electrons. The average Bonchev–Trinajstić information content (AvgIpc) is 2.89. The summed E-state index contributed by atoms with van der Waals surface area (Å²) in [5.74, 6) is 1.53. The fourth-order valence-electron chi connectivity index (χ4n) is 2.06. The van der Waals surface area contributed by atoms with Gasteiger partial charge in [-0.2, -0.15) is 0 Å². The quantitative estimate of drug-likeness (QED) is 0.774. The van der Waals surface area contributed by atoms with Crippen molar-refractivity contribution in [3.05, 3.63) is 58.9 Å². The molecule has 1 aromatic heterocycles. The van der Waals surface area contributed by atoms with Gasteiger partial charge in [0.25, 0.3) is 0 Å². The summed E-state index contributed by atoms with van der Waals surface area (Å²) < 4.78 is 5.67. The lowest BCUT2D eigenvalue weighted by Crippen LogP contribution is -1.98. The van der Waals surface area contributed by atoms with Crippen molar-refractivity contribution in [3.8, 4) is 5.75 Å². The zero-order chi connectivity index (χ0) is 13.9. The molecule has 0 aliphatic carbocycles. The van der Waals surface area contributed by atoms with E-state index in [2.05, 4.69) is 9.97 Å². The molecule has 3 aromatic rings. The standard InChI is InChI=1S/C15H14ClN3O/c16-11-4-6-12(7-5-11)20-9-14-18-13-3-1-2-10(8-17)15(13)19-14/h1-7H,8-9,17H2,(H,18,19). The zero-order valence-corrected chi connectivity index (χ0v) is 11.5. The van der Waals surface area contributed by atoms with Crippen molar-refractivity contribution < 1.29 is 4.74 Å². The Balaban J connectivity index is 1.79. The number of benzene rings is 2. The summed E-state index contributed by atoms with van der Waals surface area (Å²) >= 11 is 5.83. The van der Waals surface area contributed by atoms with Crippen molar-refractivity contribution in [2.75, 3.05) is 0 Å². The maximum atomic E-state index is 5.83. The summed E-state index contributed by atoms with van der Waals surface area (Å²) in [4.78, 5) is 7.76. The van der Waals surface area contributed by atoms with Crippen LogP contribution in [0.25, 0.3) is 11.0 Å². The van der Waals surface area contributed by atoms with Gasteiger partial charge in [-0.1, -0.05) is 23.7 Å². The lowest BCUT2D eigenvalue weighted by atomic mass is 10.2. The fourth-order valence-corrected chi connectivity index (χ4v) is 2.18. The summed E-state index contributed by atoms with van der Waals surface area (Å²) in [5.41, 5.74) is 8.61. The lowest BCUT2D eigenvalue weighted by Gasteiger charge is -2.03. The number of hydrogen-bond acceptors (Lipinski definition) is 3. The average molecular weight is 288 g/mol. The van der Waals surface area contributed by atoms with E-state index in [1.54, 1.807) is 12.1 Å². The van der Waals surface area contributed by atoms with Crippen molar-refractivity contribution >= 4 is 22.6 Å². The van der Waals surface area contributed by atoms with Crippen LogP contribution < -0.4 is 10.5 Å². The van der Waals surface area contributed by atoms with Gasteiger partial charge < -0.3 is 15.5 Å². The minimum Gasteiger partial charge on any atom is -0.486 e. The highest BCUT2D eigenvalue weighted by atomic mass is 35.5. The summed E-state index contributed by atoms with van der Waals surface area (Å²) in [5, 5.41) is 0.689. The van der Waals surface area contributed by atoms with E-state index in [1.807, 2.05) is 30.3 Å². The van der Waals surface area contributed by atoms with E-state index in [9.17, 15) is 0 Å². The van der Waals surface area contributed by atoms with Crippen LogP contribution in [0.5, 0.6) is 5.75 Å². The van der Waals surface area contributed by atoms with Crippen LogP contribution in [-0.2, 0) is 13.2 Å². The van der Waals surface area contributed by atoms with Gasteiger partial charge in [0.05, 0.1) is 11.0 Å². The van der Waals surface area contributed by atoms with Crippen LogP contribution in [0.2, 0.25) is 5.02 Å². The molecule has 5 heteroatoms. The van der Waals surface area contributed by atoms with E-state index >= 15 is 0 Å². The van der Waals surface area contributed by atoms with Crippen molar-refractivity contribution in [1.29, 1.82) is 0 Å². The smallest absolute Gasteiger partial charge is 0.146 e. The Labute approximate surface area is 121 Å². The Kier molecular flexibility index (Phi) is 3.58. The third-order valence-corrected chi connectivity index (χ3v) is 3.31. The van der Waals surface area contributed by atoms with Gasteiger partial charge in [-0.3, -0.25) is 0 Å². The first-order chi connectivity index (χ1) is 9.76. The van der Waals surface area contributed by atoms with E-state index in [4.69, 9.17) is 22.1 Å². The largest absolute Gasteiger partial charge is 0.486 e. The van der Waals surface area contributed by atoms with Gasteiger partial charge in [0.2, 0.25) is 0 Å². The van der Waals surface area contributed by atoms with Crippen molar-refractivity contribution in [2.24, 2.45) is 5.73 Å². The van der Waals surface area contributed by atoms with E-state index in [-0.39, 0.29) is 0 Å². The molecule has 20 heavy (non-hydrogen) atoms. The molecule has 3 rings (SSSR count). The van der Waals surface area contributed by atoms with E-state index in [0.29, 0.717) is 18.2 Å². The molecule has 0 aliphatic heterocycles. The number of imidazole rings is 1. The molecular weight excluding hydrogens is 274 g/mol. The number of nitrogens with one attached hydrogen (secondary N) is 1. The van der Waals surface area contributed by atoms with Crippen molar-refractivity contribution in [2.45, 2.75) is 13.2 Å². The molecule has 0 bridgehead atoms. The number of nitrogens with two attached hydrogens (primary N) is 1. The van der Waals surface area contributed by atoms with Crippen LogP contribution >= 0.6 is 11.6 Å². The number of ether oxygens (including phenoxy) is 1. The molecule has 0 aliphatic rings. The summed E-state index contributed by atoms with van der Waals surface area (Å²) in [7, 11) is 0. The molecule has 2 aromatic carbocycles. The molecule has 0 radical (unpaired) electrons. The highest BCUT2D eigenvalue weighted by Gasteiger charge is 2.06. The normalized spacial score (nSPS) is 10.9. The third-order valence-electron chi connectivity index (χ3n) is 3.05. The summed E-state index contributed by atoms with van der Waals surface area (Å²) in [6.07, 6.45) is 0. The lowest BCUT2D eigenvalue weighted by molar-refractivity contribution is 0.297. The van der Waals surface area contributed by atoms with Gasteiger partial charge in [-0.15, -0.1) is 0 Å². The second-order valence-electron chi connectivity index (χ2n) is 4.44. The fraction of sp³-hybridized carbons (Fsp3) is 0.133. The molecule has 0 atom stereocenters. The number of rotatable bonds is 4. The van der Waals surface area contributed by atoms with Crippen molar-refractivity contribution in [3.63, 3.8) is 0 Å². The maximum absolute atomic E-state index is 5.83. The SMILES string of the molecule is NCc1cccc2[nH]c(COc3ccc(Cl)cc3)nc12. The molecule has 3 N–H and O–H groups in total. The van der Waals surface area contributed by atoms with Gasteiger partial charge in [0.1, 0.15) is 18.2 Å². The van der Waals surface area contributed by atoms with Gasteiger partial charge in [0, 0.05) is 11.6 Å². The van der Waals surface area contributed by atoms with Gasteiger partial charge in [0.15, 0.2) is 0 Å². The predicted octanol–water partition coefficient (Wildman–Crippen LogP) is 3.25. The van der Waals surface area contributed by atoms with Crippen molar-refractivity contribution in [1.82, 2.24) is 9.97 Å². The number of fused-ring (bicyclic) bond motifs is 1. The Bertz CT molecular complexity index is 722. The molecule has 0 fully saturated rings. The molecule has 0 saturated carbocycles. The van der Waals surface area contributed by atoms with E-state index in [0.717, 1.165) is 28.2 Å². The molecule has 0 unspecified atom stereocenters. The minimum absolute atomic E-state index is 0.375. The predicted molar refractivity (Wildman–Crippen MR) is 79.8 cm³/mol. The van der Waals surface area contributed by atoms with Crippen LogP contribution in [0.3, 0.4) is 0 Å². The Morgan fingerprint density at radius 1 is 1.15 bits per heavy atom. The second-order valence-corrected chi connectivity index (χ2v) is 4.88. The number of halogens is 1. The number of H-pyrrole nitrogens is 1. The van der Waals surface area contributed by atoms with Gasteiger partial charge in [-0.25, -0.2) is 4.98 Å². The highest BCUT2D eigenvalue weighted by molar-refractivity contribution is 6.30. The number of hydrogen-bond donors (Lipinski definition) is 2. The molecule has 0 saturated heterocycles. The second kappa shape index (κ2) is 5.53. The summed E-state index contributed by atoms with van der Waals surface area (Å²) in [6.45, 7) is 0.847. The number of para-hydroxylation sites is 1. The van der Waals surface area contributed by atoms with Crippen LogP contribution in [0.1, 0.15) is 11.4 Å². The topological polar surface area (TPSA) is 63.9 Å². The van der Waals surface area contributed by atoms with Gasteiger partial charge >= 0.3 is 0 Å². The zero-order valence-electron chi connectivity index (χ0n) is 10.8. The number of aromatic nitrogens is 2. The molecule has 1 heterocycles. The van der Waals surface area contributed by atoms with Crippen LogP contribution in [0.4, 0.5) is 0 Å². The van der Waals surface area contributed by atoms with Crippen LogP contribution in [-0.4, -0.2) is 9.97 Å². The highest BCUT2D eigenvalue weighted by Crippen LogP contribution is 2.19. The molecule has 0 amide bonds. The van der Waals surface area contributed by atoms with E-state index < -0.39 is 0 Å². The first kappa shape index (κ1) is 13.0. The minimum atomic E-state index is 0.375. The Morgan fingerprint density at radius 2 is 1.95 bits per heavy atom. The van der Waals surface area contributed by atoms with E-state index in [1.165, 1.54) is 0 Å². The van der Waals surface area contributed by atoms with Gasteiger partial charge in [-0.05, 0) is 35.9 Å². The summed E-state index contributed by atoms with van der Waals surface area (Å²) in [6, 6.07) is 13.2. The van der Waals surface area contributed by atoms with Crippen LogP contribution in [0.15, 0.2) is 42.5 Å². The first-order valence-corrected chi connectivity index (χ1v) is 6.69. The first-order valence-electron chi connectivity index (χ1n) is 6.31. The molecule has 4 nitrogen and oxygen atoms in total.